The molecule has 1 atom stereocenters. The molecule has 0 radical (unpaired) electrons. The Hall–Kier alpha value is 0.0969. The lowest BCUT2D eigenvalue weighted by Gasteiger charge is -2.36. The van der Waals surface area contributed by atoms with Gasteiger partial charge >= 0.3 is 0 Å². The lowest BCUT2D eigenvalue weighted by molar-refractivity contribution is 0.0821. The predicted octanol–water partition coefficient (Wildman–Crippen LogP) is 2.14. The van der Waals surface area contributed by atoms with Crippen LogP contribution in [0.2, 0.25) is 18.1 Å². The Morgan fingerprint density at radius 3 is 2.20 bits per heavy atom. The van der Waals surface area contributed by atoms with E-state index in [4.69, 9.17) is 14.6 Å². The fourth-order valence-corrected chi connectivity index (χ4v) is 2.04. The minimum atomic E-state index is -1.63. The van der Waals surface area contributed by atoms with Gasteiger partial charge in [-0.25, -0.2) is 0 Å². The van der Waals surface area contributed by atoms with E-state index < -0.39 is 14.4 Å². The molecule has 0 aliphatic carbocycles. The van der Waals surface area contributed by atoms with Crippen molar-refractivity contribution in [3.63, 3.8) is 0 Å². The van der Waals surface area contributed by atoms with Crippen molar-refractivity contribution < 1.29 is 14.6 Å². The molecule has 92 valence electrons. The van der Waals surface area contributed by atoms with E-state index >= 15 is 0 Å². The molecule has 0 aliphatic heterocycles. The first-order valence-electron chi connectivity index (χ1n) is 5.63. The van der Waals surface area contributed by atoms with E-state index in [1.54, 1.807) is 0 Å². The van der Waals surface area contributed by atoms with Crippen molar-refractivity contribution in [1.82, 2.24) is 0 Å². The first kappa shape index (κ1) is 15.1. The van der Waals surface area contributed by atoms with Crippen LogP contribution in [0.15, 0.2) is 0 Å². The van der Waals surface area contributed by atoms with Crippen molar-refractivity contribution >= 4 is 8.32 Å². The molecular weight excluding hydrogens is 208 g/mol. The van der Waals surface area contributed by atoms with E-state index in [1.165, 1.54) is 0 Å². The molecular formula is C11H26O3Si. The Morgan fingerprint density at radius 1 is 1.27 bits per heavy atom. The third kappa shape index (κ3) is 5.66. The summed E-state index contributed by atoms with van der Waals surface area (Å²) in [4.78, 5) is 0. The molecule has 0 saturated heterocycles. The minimum Gasteiger partial charge on any atom is -0.417 e. The Labute approximate surface area is 94.6 Å². The van der Waals surface area contributed by atoms with Crippen LogP contribution in [0, 0.1) is 0 Å². The van der Waals surface area contributed by atoms with Crippen molar-refractivity contribution in [2.24, 2.45) is 0 Å². The molecule has 0 spiro atoms. The molecule has 3 nitrogen and oxygen atoms in total. The summed E-state index contributed by atoms with van der Waals surface area (Å²) in [5, 5.41) is 18.0. The average molecular weight is 234 g/mol. The van der Waals surface area contributed by atoms with E-state index in [-0.39, 0.29) is 11.6 Å². The molecule has 0 unspecified atom stereocenters. The van der Waals surface area contributed by atoms with Crippen LogP contribution < -0.4 is 0 Å². The Morgan fingerprint density at radius 2 is 1.80 bits per heavy atom. The topological polar surface area (TPSA) is 49.7 Å². The molecule has 0 aromatic rings. The summed E-state index contributed by atoms with van der Waals surface area (Å²) in [7, 11) is -1.63. The molecule has 0 rings (SSSR count). The predicted molar refractivity (Wildman–Crippen MR) is 65.5 cm³/mol. The van der Waals surface area contributed by atoms with Gasteiger partial charge in [0.05, 0.1) is 12.7 Å². The lowest BCUT2D eigenvalue weighted by Crippen LogP contribution is -2.41. The van der Waals surface area contributed by atoms with Crippen molar-refractivity contribution in [3.05, 3.63) is 0 Å². The average Bonchev–Trinajstić information content (AvgIpc) is 2.10. The molecule has 0 heterocycles. The normalized spacial score (nSPS) is 15.4. The fraction of sp³-hybridized carbons (Fsp3) is 1.00. The second kappa shape index (κ2) is 5.99. The first-order valence-corrected chi connectivity index (χ1v) is 8.54. The van der Waals surface area contributed by atoms with Gasteiger partial charge in [0.15, 0.2) is 8.32 Å². The molecule has 4 heteroatoms. The summed E-state index contributed by atoms with van der Waals surface area (Å²) in [5.74, 6) is 0. The van der Waals surface area contributed by atoms with Crippen LogP contribution in [0.3, 0.4) is 0 Å². The number of hydrogen-bond donors (Lipinski definition) is 2. The van der Waals surface area contributed by atoms with Crippen molar-refractivity contribution in [2.75, 3.05) is 13.2 Å². The number of hydrogen-bond acceptors (Lipinski definition) is 3. The van der Waals surface area contributed by atoms with Gasteiger partial charge < -0.3 is 14.6 Å². The largest absolute Gasteiger partial charge is 0.417 e. The summed E-state index contributed by atoms with van der Waals surface area (Å²) >= 11 is 0. The first-order chi connectivity index (χ1) is 6.70. The van der Waals surface area contributed by atoms with Crippen molar-refractivity contribution in [1.29, 1.82) is 0 Å². The third-order valence-electron chi connectivity index (χ3n) is 3.16. The molecule has 0 aromatic heterocycles. The number of rotatable bonds is 6. The van der Waals surface area contributed by atoms with Crippen molar-refractivity contribution in [3.8, 4) is 0 Å². The van der Waals surface area contributed by atoms with Gasteiger partial charge in [0.1, 0.15) is 0 Å². The Balaban J connectivity index is 3.77. The molecule has 0 bridgehead atoms. The molecule has 0 fully saturated rings. The van der Waals surface area contributed by atoms with E-state index in [0.717, 1.165) is 6.42 Å². The monoisotopic (exact) mass is 234 g/mol. The van der Waals surface area contributed by atoms with Crippen LogP contribution in [0.25, 0.3) is 0 Å². The second-order valence-electron chi connectivity index (χ2n) is 5.59. The Kier molecular flexibility index (Phi) is 6.03. The van der Waals surface area contributed by atoms with E-state index in [9.17, 15) is 0 Å². The number of aliphatic hydroxyl groups excluding tert-OH is 2. The second-order valence-corrected chi connectivity index (χ2v) is 10.4. The SMILES string of the molecule is CC(C)(C)[Si](C)(C)OCCC[C@H](O)CO. The smallest absolute Gasteiger partial charge is 0.191 e. The highest BCUT2D eigenvalue weighted by Crippen LogP contribution is 2.36. The Bertz CT molecular complexity index is 175. The van der Waals surface area contributed by atoms with Gasteiger partial charge in [-0.3, -0.25) is 0 Å². The van der Waals surface area contributed by atoms with Gasteiger partial charge in [-0.15, -0.1) is 0 Å². The van der Waals surface area contributed by atoms with Crippen LogP contribution in [0.1, 0.15) is 33.6 Å². The maximum Gasteiger partial charge on any atom is 0.191 e. The van der Waals surface area contributed by atoms with Crippen LogP contribution in [0.5, 0.6) is 0 Å². The fourth-order valence-electron chi connectivity index (χ4n) is 0.954. The number of aliphatic hydroxyl groups is 2. The van der Waals surface area contributed by atoms with Gasteiger partial charge in [-0.1, -0.05) is 20.8 Å². The molecule has 0 amide bonds. The van der Waals surface area contributed by atoms with Gasteiger partial charge in [-0.05, 0) is 31.0 Å². The summed E-state index contributed by atoms with van der Waals surface area (Å²) < 4.78 is 5.93. The van der Waals surface area contributed by atoms with Crippen LogP contribution in [0.4, 0.5) is 0 Å². The zero-order valence-electron chi connectivity index (χ0n) is 10.7. The zero-order chi connectivity index (χ0) is 12.1. The van der Waals surface area contributed by atoms with Gasteiger partial charge in [0, 0.05) is 6.61 Å². The highest BCUT2D eigenvalue weighted by atomic mass is 28.4. The summed E-state index contributed by atoms with van der Waals surface area (Å²) in [6.45, 7) is 11.6. The highest BCUT2D eigenvalue weighted by Gasteiger charge is 2.36. The summed E-state index contributed by atoms with van der Waals surface area (Å²) in [6.07, 6.45) is 0.840. The quantitative estimate of drug-likeness (QED) is 0.547. The molecule has 15 heavy (non-hydrogen) atoms. The highest BCUT2D eigenvalue weighted by molar-refractivity contribution is 6.74. The van der Waals surface area contributed by atoms with Gasteiger partial charge in [0.25, 0.3) is 0 Å². The maximum atomic E-state index is 9.15. The van der Waals surface area contributed by atoms with Crippen molar-refractivity contribution in [2.45, 2.75) is 57.8 Å². The maximum absolute atomic E-state index is 9.15. The van der Waals surface area contributed by atoms with Crippen LogP contribution in [-0.4, -0.2) is 37.8 Å². The molecule has 0 saturated carbocycles. The van der Waals surface area contributed by atoms with E-state index in [0.29, 0.717) is 13.0 Å². The standard InChI is InChI=1S/C11H26O3Si/c1-11(2,3)15(4,5)14-8-6-7-10(13)9-12/h10,12-13H,6-9H2,1-5H3/t10-/m0/s1. The molecule has 0 aliphatic rings. The summed E-state index contributed by atoms with van der Waals surface area (Å²) in [5.41, 5.74) is 0. The van der Waals surface area contributed by atoms with E-state index in [1.807, 2.05) is 0 Å². The van der Waals surface area contributed by atoms with Crippen LogP contribution in [-0.2, 0) is 4.43 Å². The van der Waals surface area contributed by atoms with Crippen LogP contribution >= 0.6 is 0 Å². The minimum absolute atomic E-state index is 0.153. The zero-order valence-corrected chi connectivity index (χ0v) is 11.7. The van der Waals surface area contributed by atoms with Gasteiger partial charge in [-0.2, -0.15) is 0 Å². The lowest BCUT2D eigenvalue weighted by atomic mass is 10.2. The third-order valence-corrected chi connectivity index (χ3v) is 7.70. The molecule has 0 aromatic carbocycles. The molecule has 2 N–H and O–H groups in total. The van der Waals surface area contributed by atoms with E-state index in [2.05, 4.69) is 33.9 Å². The van der Waals surface area contributed by atoms with Gasteiger partial charge in [0.2, 0.25) is 0 Å². The summed E-state index contributed by atoms with van der Waals surface area (Å²) in [6, 6.07) is 0.